The summed E-state index contributed by atoms with van der Waals surface area (Å²) < 4.78 is 0. The van der Waals surface area contributed by atoms with E-state index < -0.39 is 0 Å². The molecule has 1 aromatic rings. The van der Waals surface area contributed by atoms with Gasteiger partial charge >= 0.3 is 6.03 Å². The van der Waals surface area contributed by atoms with E-state index in [-0.39, 0.29) is 17.9 Å². The number of urea groups is 1. The largest absolute Gasteiger partial charge is 0.369 e. The standard InChI is InChI=1S/C16H25N3O2S/c1-19(9-8-14-3-2-10-22-14)16(21)18-11-12-4-6-13(7-5-12)15(17)20/h2-3,10,12-13H,4-9,11H2,1H3,(H2,17,20)(H,18,21). The Balaban J connectivity index is 1.64. The molecule has 3 amide bonds. The quantitative estimate of drug-likeness (QED) is 0.842. The molecule has 0 spiro atoms. The topological polar surface area (TPSA) is 75.4 Å². The molecule has 1 aliphatic carbocycles. The number of hydrogen-bond acceptors (Lipinski definition) is 3. The van der Waals surface area contributed by atoms with Crippen molar-refractivity contribution in [1.82, 2.24) is 10.2 Å². The summed E-state index contributed by atoms with van der Waals surface area (Å²) in [4.78, 5) is 26.2. The van der Waals surface area contributed by atoms with Crippen molar-refractivity contribution in [3.8, 4) is 0 Å². The average Bonchev–Trinajstić information content (AvgIpc) is 3.04. The second kappa shape index (κ2) is 8.17. The number of nitrogens with two attached hydrogens (primary N) is 1. The lowest BCUT2D eigenvalue weighted by Gasteiger charge is -2.27. The van der Waals surface area contributed by atoms with Crippen molar-refractivity contribution >= 4 is 23.3 Å². The average molecular weight is 323 g/mol. The van der Waals surface area contributed by atoms with E-state index in [0.717, 1.165) is 38.6 Å². The van der Waals surface area contributed by atoms with Gasteiger partial charge in [0.2, 0.25) is 5.91 Å². The highest BCUT2D eigenvalue weighted by atomic mass is 32.1. The molecule has 22 heavy (non-hydrogen) atoms. The normalized spacial score (nSPS) is 21.3. The van der Waals surface area contributed by atoms with Crippen molar-refractivity contribution < 1.29 is 9.59 Å². The van der Waals surface area contributed by atoms with Crippen LogP contribution >= 0.6 is 11.3 Å². The van der Waals surface area contributed by atoms with Gasteiger partial charge in [0.05, 0.1) is 0 Å². The van der Waals surface area contributed by atoms with Gasteiger partial charge < -0.3 is 16.0 Å². The van der Waals surface area contributed by atoms with Crippen LogP contribution < -0.4 is 11.1 Å². The summed E-state index contributed by atoms with van der Waals surface area (Å²) >= 11 is 1.72. The van der Waals surface area contributed by atoms with Gasteiger partial charge in [-0.1, -0.05) is 6.07 Å². The molecule has 6 heteroatoms. The van der Waals surface area contributed by atoms with Crippen LogP contribution in [0.5, 0.6) is 0 Å². The van der Waals surface area contributed by atoms with Crippen LogP contribution in [0.25, 0.3) is 0 Å². The van der Waals surface area contributed by atoms with Gasteiger partial charge in [-0.25, -0.2) is 4.79 Å². The number of carbonyl (C=O) groups excluding carboxylic acids is 2. The molecule has 1 aromatic heterocycles. The summed E-state index contributed by atoms with van der Waals surface area (Å²) in [6.45, 7) is 1.41. The first-order valence-electron chi connectivity index (χ1n) is 7.87. The molecule has 122 valence electrons. The molecule has 0 unspecified atom stereocenters. The maximum absolute atomic E-state index is 12.1. The van der Waals surface area contributed by atoms with Crippen molar-refractivity contribution in [2.24, 2.45) is 17.6 Å². The highest BCUT2D eigenvalue weighted by molar-refractivity contribution is 7.09. The first kappa shape index (κ1) is 16.8. The highest BCUT2D eigenvalue weighted by Crippen LogP contribution is 2.28. The van der Waals surface area contributed by atoms with Gasteiger partial charge in [-0.2, -0.15) is 0 Å². The van der Waals surface area contributed by atoms with Crippen molar-refractivity contribution in [2.75, 3.05) is 20.1 Å². The van der Waals surface area contributed by atoms with Crippen LogP contribution in [-0.2, 0) is 11.2 Å². The lowest BCUT2D eigenvalue weighted by molar-refractivity contribution is -0.122. The minimum absolute atomic E-state index is 0.0198. The Morgan fingerprint density at radius 1 is 1.36 bits per heavy atom. The molecule has 0 radical (unpaired) electrons. The fourth-order valence-corrected chi connectivity index (χ4v) is 3.55. The molecule has 3 N–H and O–H groups in total. The SMILES string of the molecule is CN(CCc1cccs1)C(=O)NCC1CCC(C(N)=O)CC1. The summed E-state index contributed by atoms with van der Waals surface area (Å²) in [5.41, 5.74) is 5.33. The Kier molecular flexibility index (Phi) is 6.24. The van der Waals surface area contributed by atoms with Crippen LogP contribution in [-0.4, -0.2) is 37.0 Å². The first-order chi connectivity index (χ1) is 10.6. The predicted octanol–water partition coefficient (Wildman–Crippen LogP) is 2.22. The Hall–Kier alpha value is -1.56. The molecule has 5 nitrogen and oxygen atoms in total. The van der Waals surface area contributed by atoms with Gasteiger partial charge in [0, 0.05) is 30.9 Å². The van der Waals surface area contributed by atoms with E-state index >= 15 is 0 Å². The molecule has 1 fully saturated rings. The van der Waals surface area contributed by atoms with Crippen molar-refractivity contribution in [1.29, 1.82) is 0 Å². The van der Waals surface area contributed by atoms with Gasteiger partial charge in [-0.05, 0) is 49.5 Å². The van der Waals surface area contributed by atoms with Gasteiger partial charge in [0.25, 0.3) is 0 Å². The summed E-state index contributed by atoms with van der Waals surface area (Å²) in [6.07, 6.45) is 4.53. The van der Waals surface area contributed by atoms with Crippen LogP contribution in [0.15, 0.2) is 17.5 Å². The molecule has 0 aromatic carbocycles. The van der Waals surface area contributed by atoms with E-state index in [4.69, 9.17) is 5.73 Å². The van der Waals surface area contributed by atoms with Crippen LogP contribution in [0.3, 0.4) is 0 Å². The molecular weight excluding hydrogens is 298 g/mol. The number of nitrogens with one attached hydrogen (secondary N) is 1. The smallest absolute Gasteiger partial charge is 0.317 e. The van der Waals surface area contributed by atoms with E-state index in [9.17, 15) is 9.59 Å². The van der Waals surface area contributed by atoms with E-state index in [2.05, 4.69) is 16.8 Å². The van der Waals surface area contributed by atoms with E-state index in [0.29, 0.717) is 12.5 Å². The number of thiophene rings is 1. The maximum atomic E-state index is 12.1. The van der Waals surface area contributed by atoms with Crippen LogP contribution in [0.4, 0.5) is 4.79 Å². The number of likely N-dealkylation sites (N-methyl/N-ethyl adjacent to an activating group) is 1. The third-order valence-electron chi connectivity index (χ3n) is 4.41. The summed E-state index contributed by atoms with van der Waals surface area (Å²) in [5.74, 6) is 0.307. The second-order valence-electron chi connectivity index (χ2n) is 6.06. The summed E-state index contributed by atoms with van der Waals surface area (Å²) in [5, 5.41) is 5.05. The van der Waals surface area contributed by atoms with Gasteiger partial charge in [0.1, 0.15) is 0 Å². The molecular formula is C16H25N3O2S. The maximum Gasteiger partial charge on any atom is 0.317 e. The molecule has 1 aliphatic rings. The van der Waals surface area contributed by atoms with Gasteiger partial charge in [-0.15, -0.1) is 11.3 Å². The van der Waals surface area contributed by atoms with Crippen molar-refractivity contribution in [3.05, 3.63) is 22.4 Å². The lowest BCUT2D eigenvalue weighted by Crippen LogP contribution is -2.41. The zero-order valence-corrected chi connectivity index (χ0v) is 13.9. The highest BCUT2D eigenvalue weighted by Gasteiger charge is 2.25. The van der Waals surface area contributed by atoms with Crippen molar-refractivity contribution in [2.45, 2.75) is 32.1 Å². The number of hydrogen-bond donors (Lipinski definition) is 2. The number of carbonyl (C=O) groups is 2. The summed E-state index contributed by atoms with van der Waals surface area (Å²) in [7, 11) is 1.83. The van der Waals surface area contributed by atoms with Crippen molar-refractivity contribution in [3.63, 3.8) is 0 Å². The molecule has 1 heterocycles. The monoisotopic (exact) mass is 323 g/mol. The van der Waals surface area contributed by atoms with E-state index in [1.807, 2.05) is 13.1 Å². The fraction of sp³-hybridized carbons (Fsp3) is 0.625. The number of nitrogens with zero attached hydrogens (tertiary/aromatic N) is 1. The molecule has 1 saturated carbocycles. The van der Waals surface area contributed by atoms with Gasteiger partial charge in [-0.3, -0.25) is 4.79 Å². The Morgan fingerprint density at radius 3 is 2.68 bits per heavy atom. The van der Waals surface area contributed by atoms with Gasteiger partial charge in [0.15, 0.2) is 0 Å². The Bertz CT molecular complexity index is 482. The van der Waals surface area contributed by atoms with E-state index in [1.165, 1.54) is 4.88 Å². The zero-order chi connectivity index (χ0) is 15.9. The summed E-state index contributed by atoms with van der Waals surface area (Å²) in [6, 6.07) is 4.10. The number of rotatable bonds is 6. The van der Waals surface area contributed by atoms with Crippen LogP contribution in [0.1, 0.15) is 30.6 Å². The molecule has 0 saturated heterocycles. The van der Waals surface area contributed by atoms with Crippen LogP contribution in [0, 0.1) is 11.8 Å². The lowest BCUT2D eigenvalue weighted by atomic mass is 9.82. The number of amides is 3. The zero-order valence-electron chi connectivity index (χ0n) is 13.1. The molecule has 0 atom stereocenters. The number of primary amides is 1. The third kappa shape index (κ3) is 5.02. The fourth-order valence-electron chi connectivity index (χ4n) is 2.85. The second-order valence-corrected chi connectivity index (χ2v) is 7.09. The van der Waals surface area contributed by atoms with Crippen LogP contribution in [0.2, 0.25) is 0 Å². The predicted molar refractivity (Wildman–Crippen MR) is 88.7 cm³/mol. The molecule has 0 bridgehead atoms. The third-order valence-corrected chi connectivity index (χ3v) is 5.35. The Labute approximate surface area is 135 Å². The molecule has 0 aliphatic heterocycles. The first-order valence-corrected chi connectivity index (χ1v) is 8.75. The minimum atomic E-state index is -0.184. The molecule has 2 rings (SSSR count). The Morgan fingerprint density at radius 2 is 2.09 bits per heavy atom. The van der Waals surface area contributed by atoms with E-state index in [1.54, 1.807) is 16.2 Å². The minimum Gasteiger partial charge on any atom is -0.369 e.